The van der Waals surface area contributed by atoms with Gasteiger partial charge in [0.15, 0.2) is 0 Å². The van der Waals surface area contributed by atoms with Crippen molar-refractivity contribution in [1.29, 1.82) is 0 Å². The van der Waals surface area contributed by atoms with Crippen molar-refractivity contribution in [2.75, 3.05) is 11.9 Å². The third-order valence-corrected chi connectivity index (χ3v) is 4.26. The molecule has 0 aliphatic heterocycles. The second-order valence-electron chi connectivity index (χ2n) is 5.54. The van der Waals surface area contributed by atoms with Crippen LogP contribution in [0.2, 0.25) is 0 Å². The van der Waals surface area contributed by atoms with E-state index in [-0.39, 0.29) is 5.69 Å². The van der Waals surface area contributed by atoms with Gasteiger partial charge in [-0.15, -0.1) is 0 Å². The standard InChI is InChI=1S/C15H15F2NO2/c16-12-6-13(17)14(5-11(12)15(19)20)18-7-10-4-8-1-2-9(10)3-8/h1-2,5-6,8-10,18H,3-4,7H2,(H,19,20). The lowest BCUT2D eigenvalue weighted by atomic mass is 9.93. The van der Waals surface area contributed by atoms with E-state index in [4.69, 9.17) is 5.11 Å². The second kappa shape index (κ2) is 4.89. The fourth-order valence-electron chi connectivity index (χ4n) is 3.22. The first-order chi connectivity index (χ1) is 9.54. The molecule has 2 N–H and O–H groups in total. The van der Waals surface area contributed by atoms with E-state index in [1.54, 1.807) is 0 Å². The molecule has 0 aromatic heterocycles. The summed E-state index contributed by atoms with van der Waals surface area (Å²) in [7, 11) is 0. The molecule has 2 aliphatic rings. The number of aromatic carboxylic acids is 1. The first-order valence-electron chi connectivity index (χ1n) is 6.69. The molecule has 0 heterocycles. The summed E-state index contributed by atoms with van der Waals surface area (Å²) in [5, 5.41) is 11.8. The Labute approximate surface area is 115 Å². The molecule has 3 unspecified atom stereocenters. The third-order valence-electron chi connectivity index (χ3n) is 4.26. The lowest BCUT2D eigenvalue weighted by Gasteiger charge is -2.19. The zero-order valence-electron chi connectivity index (χ0n) is 10.8. The average Bonchev–Trinajstić information content (AvgIpc) is 2.99. The number of halogens is 2. The van der Waals surface area contributed by atoms with Crippen molar-refractivity contribution in [3.63, 3.8) is 0 Å². The molecule has 5 heteroatoms. The molecule has 3 nitrogen and oxygen atoms in total. The number of hydrogen-bond donors (Lipinski definition) is 2. The van der Waals surface area contributed by atoms with Gasteiger partial charge >= 0.3 is 5.97 Å². The van der Waals surface area contributed by atoms with E-state index in [1.165, 1.54) is 0 Å². The fourth-order valence-corrected chi connectivity index (χ4v) is 3.22. The Kier molecular flexibility index (Phi) is 3.20. The molecule has 0 radical (unpaired) electrons. The van der Waals surface area contributed by atoms with Crippen LogP contribution >= 0.6 is 0 Å². The number of fused-ring (bicyclic) bond motifs is 2. The number of carboxylic acid groups (broad SMARTS) is 1. The maximum atomic E-state index is 13.6. The summed E-state index contributed by atoms with van der Waals surface area (Å²) < 4.78 is 26.9. The van der Waals surface area contributed by atoms with Gasteiger partial charge in [-0.25, -0.2) is 13.6 Å². The van der Waals surface area contributed by atoms with Crippen LogP contribution in [-0.2, 0) is 0 Å². The number of carboxylic acids is 1. The van der Waals surface area contributed by atoms with Gasteiger partial charge in [0.25, 0.3) is 0 Å². The van der Waals surface area contributed by atoms with Crippen molar-refractivity contribution in [3.05, 3.63) is 41.5 Å². The van der Waals surface area contributed by atoms with Crippen LogP contribution in [0.5, 0.6) is 0 Å². The van der Waals surface area contributed by atoms with Crippen molar-refractivity contribution in [3.8, 4) is 0 Å². The first kappa shape index (κ1) is 13.1. The van der Waals surface area contributed by atoms with Gasteiger partial charge in [0.2, 0.25) is 0 Å². The van der Waals surface area contributed by atoms with Crippen LogP contribution in [0.3, 0.4) is 0 Å². The van der Waals surface area contributed by atoms with Crippen LogP contribution < -0.4 is 5.32 Å². The Morgan fingerprint density at radius 3 is 2.65 bits per heavy atom. The maximum Gasteiger partial charge on any atom is 0.338 e. The van der Waals surface area contributed by atoms with Crippen LogP contribution in [0, 0.1) is 29.4 Å². The van der Waals surface area contributed by atoms with Crippen LogP contribution in [-0.4, -0.2) is 17.6 Å². The quantitative estimate of drug-likeness (QED) is 0.831. The zero-order valence-corrected chi connectivity index (χ0v) is 10.8. The molecule has 0 saturated heterocycles. The minimum absolute atomic E-state index is 0.0514. The van der Waals surface area contributed by atoms with E-state index in [1.807, 2.05) is 0 Å². The molecular weight excluding hydrogens is 264 g/mol. The van der Waals surface area contributed by atoms with Gasteiger partial charge in [-0.3, -0.25) is 0 Å². The van der Waals surface area contributed by atoms with Crippen molar-refractivity contribution in [1.82, 2.24) is 0 Å². The van der Waals surface area contributed by atoms with Crippen LogP contribution in [0.4, 0.5) is 14.5 Å². The Morgan fingerprint density at radius 2 is 2.05 bits per heavy atom. The number of hydrogen-bond acceptors (Lipinski definition) is 2. The molecule has 0 spiro atoms. The van der Waals surface area contributed by atoms with E-state index >= 15 is 0 Å². The molecule has 0 amide bonds. The largest absolute Gasteiger partial charge is 0.478 e. The van der Waals surface area contributed by atoms with E-state index in [2.05, 4.69) is 17.5 Å². The molecule has 2 bridgehead atoms. The summed E-state index contributed by atoms with van der Waals surface area (Å²) in [6.45, 7) is 0.577. The molecular formula is C15H15F2NO2. The normalized spacial score (nSPS) is 27.0. The molecule has 1 fully saturated rings. The molecule has 106 valence electrons. The topological polar surface area (TPSA) is 49.3 Å². The van der Waals surface area contributed by atoms with Gasteiger partial charge < -0.3 is 10.4 Å². The Balaban J connectivity index is 1.72. The first-order valence-corrected chi connectivity index (χ1v) is 6.69. The number of anilines is 1. The lowest BCUT2D eigenvalue weighted by Crippen LogP contribution is -2.19. The molecule has 3 atom stereocenters. The van der Waals surface area contributed by atoms with E-state index < -0.39 is 23.2 Å². The summed E-state index contributed by atoms with van der Waals surface area (Å²) in [4.78, 5) is 10.9. The lowest BCUT2D eigenvalue weighted by molar-refractivity contribution is 0.0692. The predicted molar refractivity (Wildman–Crippen MR) is 70.7 cm³/mol. The molecule has 1 aromatic carbocycles. The number of benzene rings is 1. The zero-order chi connectivity index (χ0) is 14.3. The molecule has 20 heavy (non-hydrogen) atoms. The number of nitrogens with one attached hydrogen (secondary N) is 1. The highest BCUT2D eigenvalue weighted by molar-refractivity contribution is 5.89. The van der Waals surface area contributed by atoms with Crippen molar-refractivity contribution in [2.24, 2.45) is 17.8 Å². The Hall–Kier alpha value is -1.91. The summed E-state index contributed by atoms with van der Waals surface area (Å²) in [5.74, 6) is -1.62. The highest BCUT2D eigenvalue weighted by atomic mass is 19.1. The monoisotopic (exact) mass is 279 g/mol. The van der Waals surface area contributed by atoms with E-state index in [0.717, 1.165) is 18.9 Å². The summed E-state index contributed by atoms with van der Waals surface area (Å²) in [5.41, 5.74) is -0.461. The predicted octanol–water partition coefficient (Wildman–Crippen LogP) is 3.29. The van der Waals surface area contributed by atoms with Gasteiger partial charge in [0.05, 0.1) is 11.3 Å². The van der Waals surface area contributed by atoms with Crippen molar-refractivity contribution >= 4 is 11.7 Å². The van der Waals surface area contributed by atoms with Gasteiger partial charge in [-0.05, 0) is 36.7 Å². The summed E-state index contributed by atoms with van der Waals surface area (Å²) in [6.07, 6.45) is 6.65. The Morgan fingerprint density at radius 1 is 1.25 bits per heavy atom. The van der Waals surface area contributed by atoms with Crippen LogP contribution in [0.1, 0.15) is 23.2 Å². The fraction of sp³-hybridized carbons (Fsp3) is 0.400. The van der Waals surface area contributed by atoms with Crippen molar-refractivity contribution in [2.45, 2.75) is 12.8 Å². The number of allylic oxidation sites excluding steroid dienone is 2. The molecule has 1 saturated carbocycles. The highest BCUT2D eigenvalue weighted by Crippen LogP contribution is 2.43. The van der Waals surface area contributed by atoms with E-state index in [9.17, 15) is 13.6 Å². The number of rotatable bonds is 4. The number of carbonyl (C=O) groups is 1. The third kappa shape index (κ3) is 2.28. The minimum atomic E-state index is -1.39. The smallest absolute Gasteiger partial charge is 0.338 e. The van der Waals surface area contributed by atoms with Crippen LogP contribution in [0.25, 0.3) is 0 Å². The minimum Gasteiger partial charge on any atom is -0.478 e. The van der Waals surface area contributed by atoms with Gasteiger partial charge in [0, 0.05) is 12.6 Å². The second-order valence-corrected chi connectivity index (χ2v) is 5.54. The SMILES string of the molecule is O=C(O)c1cc(NCC2CC3C=CC2C3)c(F)cc1F. The van der Waals surface area contributed by atoms with Gasteiger partial charge in [-0.1, -0.05) is 12.2 Å². The maximum absolute atomic E-state index is 13.6. The highest BCUT2D eigenvalue weighted by Gasteiger charge is 2.35. The summed E-state index contributed by atoms with van der Waals surface area (Å²) in [6, 6.07) is 1.64. The Bertz CT molecular complexity index is 585. The van der Waals surface area contributed by atoms with Gasteiger partial charge in [-0.2, -0.15) is 0 Å². The van der Waals surface area contributed by atoms with Crippen LogP contribution in [0.15, 0.2) is 24.3 Å². The van der Waals surface area contributed by atoms with E-state index in [0.29, 0.717) is 30.4 Å². The molecule has 2 aliphatic carbocycles. The molecule has 1 aromatic rings. The van der Waals surface area contributed by atoms with Gasteiger partial charge in [0.1, 0.15) is 11.6 Å². The molecule has 3 rings (SSSR count). The summed E-state index contributed by atoms with van der Waals surface area (Å²) >= 11 is 0. The average molecular weight is 279 g/mol. The van der Waals surface area contributed by atoms with Crippen molar-refractivity contribution < 1.29 is 18.7 Å².